The van der Waals surface area contributed by atoms with Gasteiger partial charge in [-0.15, -0.1) is 0 Å². The normalized spacial score (nSPS) is 13.9. The van der Waals surface area contributed by atoms with Gasteiger partial charge in [0, 0.05) is 75.3 Å². The molecule has 10 amide bonds. The van der Waals surface area contributed by atoms with Crippen LogP contribution < -0.4 is 32.3 Å². The van der Waals surface area contributed by atoms with Crippen molar-refractivity contribution >= 4 is 59.1 Å². The molecular formula is C48H60F2N10O11. The molecule has 0 radical (unpaired) electrons. The third-order valence-corrected chi connectivity index (χ3v) is 11.4. The smallest absolute Gasteiger partial charge is 0.254 e. The molecule has 0 saturated carbocycles. The predicted molar refractivity (Wildman–Crippen MR) is 251 cm³/mol. The van der Waals surface area contributed by atoms with Gasteiger partial charge in [0.2, 0.25) is 47.3 Å². The number of hydrogen-bond acceptors (Lipinski definition) is 11. The van der Waals surface area contributed by atoms with Crippen LogP contribution in [-0.4, -0.2) is 148 Å². The van der Waals surface area contributed by atoms with Gasteiger partial charge < -0.3 is 51.8 Å². The molecule has 4 atom stereocenters. The molecule has 0 saturated heterocycles. The highest BCUT2D eigenvalue weighted by Gasteiger charge is 2.39. The lowest BCUT2D eigenvalue weighted by Crippen LogP contribution is -2.58. The Morgan fingerprint density at radius 1 is 0.817 bits per heavy atom. The number of nitrogens with two attached hydrogens (primary N) is 1. The number of benzene rings is 2. The van der Waals surface area contributed by atoms with E-state index in [1.807, 2.05) is 30.3 Å². The van der Waals surface area contributed by atoms with Crippen molar-refractivity contribution in [1.29, 1.82) is 0 Å². The van der Waals surface area contributed by atoms with E-state index in [2.05, 4.69) is 26.6 Å². The summed E-state index contributed by atoms with van der Waals surface area (Å²) in [6.45, 7) is 5.18. The first kappa shape index (κ1) is 55.8. The Balaban J connectivity index is 1.69. The van der Waals surface area contributed by atoms with E-state index in [4.69, 9.17) is 5.73 Å². The third kappa shape index (κ3) is 15.9. The first-order valence-electron chi connectivity index (χ1n) is 22.5. The summed E-state index contributed by atoms with van der Waals surface area (Å²) in [4.78, 5) is 131. The van der Waals surface area contributed by atoms with Crippen molar-refractivity contribution in [3.05, 3.63) is 95.8 Å². The molecule has 21 nitrogen and oxygen atoms in total. The average Bonchev–Trinajstić information content (AvgIpc) is 3.86. The number of aliphatic hydroxyl groups is 1. The number of nitrogens with one attached hydrogen (secondary N) is 5. The monoisotopic (exact) mass is 990 g/mol. The van der Waals surface area contributed by atoms with Crippen molar-refractivity contribution in [3.8, 4) is 11.1 Å². The van der Waals surface area contributed by atoms with Crippen molar-refractivity contribution < 1.29 is 61.8 Å². The molecule has 4 unspecified atom stereocenters. The molecule has 0 spiro atoms. The molecule has 382 valence electrons. The van der Waals surface area contributed by atoms with Crippen LogP contribution in [-0.2, 0) is 54.5 Å². The topological polar surface area (TPSA) is 292 Å². The van der Waals surface area contributed by atoms with E-state index < -0.39 is 133 Å². The standard InChI is InChI=1S/C48H60F2N10O11/c1-28(57(6)42(67)23-54-29(2)62)45(69)56-36(22-38(51)63)47(71)55-35(46(70)53-18-17-52-39(64)26-60-40(65)14-15-41(60)66)16-19-59(43(68)27-61)44(48(3,4)5)37-20-31(33-21-32(49)12-13-34(33)50)25-58(37)24-30-10-8-7-9-11-30/h7-15,20-21,25,28,35-36,44,61H,16-19,22-24,26-27H2,1-6H3,(H2,51,63)(H,52,64)(H,53,70)(H,54,62)(H,55,71)(H,56,69). The summed E-state index contributed by atoms with van der Waals surface area (Å²) in [7, 11) is 1.27. The van der Waals surface area contributed by atoms with Gasteiger partial charge in [0.25, 0.3) is 11.8 Å². The van der Waals surface area contributed by atoms with Gasteiger partial charge in [0.1, 0.15) is 42.9 Å². The van der Waals surface area contributed by atoms with E-state index >= 15 is 4.39 Å². The number of halogens is 2. The summed E-state index contributed by atoms with van der Waals surface area (Å²) in [6.07, 6.45) is 2.45. The Morgan fingerprint density at radius 2 is 1.45 bits per heavy atom. The fourth-order valence-electron chi connectivity index (χ4n) is 7.63. The second-order valence-corrected chi connectivity index (χ2v) is 17.8. The summed E-state index contributed by atoms with van der Waals surface area (Å²) in [5, 5.41) is 22.6. The maximum atomic E-state index is 15.3. The van der Waals surface area contributed by atoms with Crippen LogP contribution in [0.4, 0.5) is 8.78 Å². The second kappa shape index (κ2) is 25.2. The summed E-state index contributed by atoms with van der Waals surface area (Å²) >= 11 is 0. The van der Waals surface area contributed by atoms with Crippen LogP contribution in [0.2, 0.25) is 0 Å². The number of hydrogen-bond donors (Lipinski definition) is 7. The number of nitrogens with zero attached hydrogens (tertiary/aromatic N) is 4. The minimum atomic E-state index is -1.72. The lowest BCUT2D eigenvalue weighted by atomic mass is 9.82. The number of aromatic nitrogens is 1. The van der Waals surface area contributed by atoms with Crippen LogP contribution in [0.5, 0.6) is 0 Å². The highest BCUT2D eigenvalue weighted by Crippen LogP contribution is 2.41. The summed E-state index contributed by atoms with van der Waals surface area (Å²) < 4.78 is 31.7. The number of imide groups is 1. The van der Waals surface area contributed by atoms with E-state index in [9.17, 15) is 57.4 Å². The minimum absolute atomic E-state index is 0.0633. The molecule has 23 heteroatoms. The van der Waals surface area contributed by atoms with E-state index in [0.29, 0.717) is 10.6 Å². The van der Waals surface area contributed by atoms with Gasteiger partial charge in [-0.1, -0.05) is 51.1 Å². The summed E-state index contributed by atoms with van der Waals surface area (Å²) in [6, 6.07) is 8.22. The molecule has 0 fully saturated rings. The molecule has 0 bridgehead atoms. The molecule has 4 rings (SSSR count). The fourth-order valence-corrected chi connectivity index (χ4v) is 7.63. The third-order valence-electron chi connectivity index (χ3n) is 11.4. The molecule has 8 N–H and O–H groups in total. The van der Waals surface area contributed by atoms with E-state index in [-0.39, 0.29) is 37.3 Å². The van der Waals surface area contributed by atoms with Gasteiger partial charge in [-0.25, -0.2) is 8.78 Å². The number of primary amides is 1. The molecule has 3 aromatic rings. The Hall–Kier alpha value is -7.82. The maximum Gasteiger partial charge on any atom is 0.254 e. The van der Waals surface area contributed by atoms with Gasteiger partial charge in [-0.3, -0.25) is 52.8 Å². The Morgan fingerprint density at radius 3 is 2.06 bits per heavy atom. The molecule has 1 aliphatic rings. The zero-order valence-corrected chi connectivity index (χ0v) is 40.3. The fraction of sp³-hybridized carbons (Fsp3) is 0.417. The highest BCUT2D eigenvalue weighted by atomic mass is 19.1. The Kier molecular flexibility index (Phi) is 19.8. The quantitative estimate of drug-likeness (QED) is 0.0455. The van der Waals surface area contributed by atoms with Gasteiger partial charge in [-0.05, 0) is 48.6 Å². The Bertz CT molecular complexity index is 2510. The average molecular weight is 991 g/mol. The lowest BCUT2D eigenvalue weighted by Gasteiger charge is -2.41. The van der Waals surface area contributed by atoms with Crippen molar-refractivity contribution in [2.75, 3.05) is 46.4 Å². The molecular weight excluding hydrogens is 931 g/mol. The van der Waals surface area contributed by atoms with Crippen LogP contribution >= 0.6 is 0 Å². The Labute approximate surface area is 408 Å². The van der Waals surface area contributed by atoms with E-state index in [1.54, 1.807) is 37.6 Å². The summed E-state index contributed by atoms with van der Waals surface area (Å²) in [5.41, 5.74) is 6.02. The largest absolute Gasteiger partial charge is 0.387 e. The van der Waals surface area contributed by atoms with Crippen LogP contribution in [0.25, 0.3) is 11.1 Å². The molecule has 1 aromatic heterocycles. The molecule has 71 heavy (non-hydrogen) atoms. The van der Waals surface area contributed by atoms with Crippen LogP contribution in [0.15, 0.2) is 72.9 Å². The van der Waals surface area contributed by atoms with E-state index in [1.165, 1.54) is 25.8 Å². The van der Waals surface area contributed by atoms with Crippen molar-refractivity contribution in [3.63, 3.8) is 0 Å². The van der Waals surface area contributed by atoms with Crippen molar-refractivity contribution in [1.82, 2.24) is 45.9 Å². The minimum Gasteiger partial charge on any atom is -0.387 e. The first-order valence-corrected chi connectivity index (χ1v) is 22.5. The van der Waals surface area contributed by atoms with Crippen molar-refractivity contribution in [2.24, 2.45) is 11.1 Å². The van der Waals surface area contributed by atoms with Gasteiger partial charge in [0.05, 0.1) is 19.0 Å². The SMILES string of the molecule is CC(=O)NCC(=O)N(C)C(C)C(=O)NC(CC(N)=O)C(=O)NC(CCN(C(=O)CO)C(c1cc(-c2cc(F)ccc2F)cn1Cc1ccccc1)C(C)(C)C)C(=O)NCCNC(=O)CN1C(=O)C=CC1=O. The van der Waals surface area contributed by atoms with Gasteiger partial charge in [-0.2, -0.15) is 0 Å². The van der Waals surface area contributed by atoms with E-state index in [0.717, 1.165) is 40.8 Å². The number of carbonyl (C=O) groups excluding carboxylic acids is 10. The predicted octanol–water partition coefficient (Wildman–Crippen LogP) is -0.235. The zero-order valence-electron chi connectivity index (χ0n) is 40.3. The highest BCUT2D eigenvalue weighted by molar-refractivity contribution is 6.14. The lowest BCUT2D eigenvalue weighted by molar-refractivity contribution is -0.141. The molecule has 2 heterocycles. The summed E-state index contributed by atoms with van der Waals surface area (Å²) in [5.74, 6) is -9.45. The first-order chi connectivity index (χ1) is 33.4. The molecule has 0 aliphatic carbocycles. The number of rotatable bonds is 24. The zero-order chi connectivity index (χ0) is 52.7. The maximum absolute atomic E-state index is 15.3. The molecule has 1 aliphatic heterocycles. The van der Waals surface area contributed by atoms with Gasteiger partial charge in [0.15, 0.2) is 0 Å². The van der Waals surface area contributed by atoms with Crippen LogP contribution in [0.3, 0.4) is 0 Å². The van der Waals surface area contributed by atoms with Crippen molar-refractivity contribution in [2.45, 2.75) is 78.2 Å². The number of aliphatic hydroxyl groups excluding tert-OH is 1. The number of amides is 10. The second-order valence-electron chi connectivity index (χ2n) is 17.8. The van der Waals surface area contributed by atoms with Crippen LogP contribution in [0.1, 0.15) is 64.8 Å². The number of carbonyl (C=O) groups is 10. The van der Waals surface area contributed by atoms with Gasteiger partial charge >= 0.3 is 0 Å². The number of likely N-dealkylation sites (N-methyl/N-ethyl adjacent to an activating group) is 1. The molecule has 2 aromatic carbocycles. The van der Waals surface area contributed by atoms with Crippen LogP contribution in [0, 0.1) is 17.0 Å².